The average molecular weight is 305 g/mol. The summed E-state index contributed by atoms with van der Waals surface area (Å²) in [5, 5.41) is 10.0. The van der Waals surface area contributed by atoms with Crippen LogP contribution in [0, 0.1) is 11.8 Å². The van der Waals surface area contributed by atoms with E-state index in [9.17, 15) is 14.7 Å². The van der Waals surface area contributed by atoms with Gasteiger partial charge in [-0.2, -0.15) is 0 Å². The molecule has 1 aliphatic heterocycles. The van der Waals surface area contributed by atoms with E-state index in [1.807, 2.05) is 33.8 Å². The maximum absolute atomic E-state index is 12.5. The molecule has 2 aliphatic rings. The highest BCUT2D eigenvalue weighted by Gasteiger charge is 2.40. The molecule has 122 valence electrons. The molecule has 1 amide bonds. The van der Waals surface area contributed by atoms with Crippen LogP contribution in [0.2, 0.25) is 0 Å². The Morgan fingerprint density at radius 1 is 1.18 bits per heavy atom. The zero-order valence-corrected chi connectivity index (χ0v) is 14.1. The van der Waals surface area contributed by atoms with Crippen molar-refractivity contribution in [3.63, 3.8) is 0 Å². The minimum atomic E-state index is -0.621. The lowest BCUT2D eigenvalue weighted by Crippen LogP contribution is -2.33. The minimum Gasteiger partial charge on any atom is -0.390 e. The number of amides is 1. The minimum absolute atomic E-state index is 0.0690. The summed E-state index contributed by atoms with van der Waals surface area (Å²) in [7, 11) is 0. The third-order valence-corrected chi connectivity index (χ3v) is 5.06. The molecular formula is C18H27NO3. The lowest BCUT2D eigenvalue weighted by molar-refractivity contribution is -0.130. The van der Waals surface area contributed by atoms with E-state index in [-0.39, 0.29) is 23.5 Å². The molecule has 0 aromatic heterocycles. The molecule has 0 bridgehead atoms. The molecular weight excluding hydrogens is 278 g/mol. The van der Waals surface area contributed by atoms with Gasteiger partial charge in [0.1, 0.15) is 0 Å². The van der Waals surface area contributed by atoms with Gasteiger partial charge in [-0.15, -0.1) is 0 Å². The molecule has 0 radical (unpaired) electrons. The molecule has 0 aromatic rings. The van der Waals surface area contributed by atoms with Gasteiger partial charge in [-0.25, -0.2) is 0 Å². The Kier molecular flexibility index (Phi) is 4.90. The highest BCUT2D eigenvalue weighted by Crippen LogP contribution is 2.38. The summed E-state index contributed by atoms with van der Waals surface area (Å²) in [6, 6.07) is 0. The van der Waals surface area contributed by atoms with E-state index in [1.54, 1.807) is 11.0 Å². The maximum atomic E-state index is 12.5. The lowest BCUT2D eigenvalue weighted by atomic mass is 9.89. The predicted molar refractivity (Wildman–Crippen MR) is 86.0 cm³/mol. The number of carbonyl (C=O) groups excluding carboxylic acids is 2. The fraction of sp³-hybridized carbons (Fsp3) is 0.667. The van der Waals surface area contributed by atoms with E-state index in [0.717, 1.165) is 37.0 Å². The van der Waals surface area contributed by atoms with Gasteiger partial charge in [-0.05, 0) is 58.1 Å². The van der Waals surface area contributed by atoms with Crippen molar-refractivity contribution in [3.05, 3.63) is 23.4 Å². The van der Waals surface area contributed by atoms with Crippen molar-refractivity contribution in [2.75, 3.05) is 6.54 Å². The monoisotopic (exact) mass is 305 g/mol. The summed E-state index contributed by atoms with van der Waals surface area (Å²) in [5.74, 6) is -0.216. The second kappa shape index (κ2) is 6.37. The summed E-state index contributed by atoms with van der Waals surface area (Å²) in [4.78, 5) is 26.2. The van der Waals surface area contributed by atoms with E-state index >= 15 is 0 Å². The highest BCUT2D eigenvalue weighted by atomic mass is 16.3. The largest absolute Gasteiger partial charge is 0.390 e. The van der Waals surface area contributed by atoms with E-state index in [0.29, 0.717) is 6.54 Å². The van der Waals surface area contributed by atoms with Crippen molar-refractivity contribution in [1.82, 2.24) is 4.90 Å². The van der Waals surface area contributed by atoms with Gasteiger partial charge < -0.3 is 10.0 Å². The Hall–Kier alpha value is -1.42. The second-order valence-corrected chi connectivity index (χ2v) is 6.82. The second-order valence-electron chi connectivity index (χ2n) is 6.82. The number of carbonyl (C=O) groups is 2. The summed E-state index contributed by atoms with van der Waals surface area (Å²) < 4.78 is 0. The number of unbranched alkanes of at least 4 members (excludes halogenated alkanes) is 1. The van der Waals surface area contributed by atoms with Crippen LogP contribution in [0.4, 0.5) is 0 Å². The van der Waals surface area contributed by atoms with Gasteiger partial charge in [0, 0.05) is 12.2 Å². The normalized spacial score (nSPS) is 27.4. The van der Waals surface area contributed by atoms with Crippen LogP contribution in [0.25, 0.3) is 0 Å². The molecule has 3 unspecified atom stereocenters. The number of rotatable bonds is 6. The number of ketones is 1. The predicted octanol–water partition coefficient (Wildman–Crippen LogP) is 2.83. The molecule has 1 heterocycles. The number of hydrogen-bond donors (Lipinski definition) is 1. The molecule has 22 heavy (non-hydrogen) atoms. The smallest absolute Gasteiger partial charge is 0.234 e. The fourth-order valence-corrected chi connectivity index (χ4v) is 3.21. The summed E-state index contributed by atoms with van der Waals surface area (Å²) in [5.41, 5.74) is 1.27. The van der Waals surface area contributed by atoms with Crippen molar-refractivity contribution in [2.24, 2.45) is 11.8 Å². The van der Waals surface area contributed by atoms with E-state index in [2.05, 4.69) is 0 Å². The Morgan fingerprint density at radius 2 is 1.86 bits per heavy atom. The van der Waals surface area contributed by atoms with Gasteiger partial charge in [-0.3, -0.25) is 9.59 Å². The van der Waals surface area contributed by atoms with E-state index in [1.165, 1.54) is 0 Å². The van der Waals surface area contributed by atoms with Gasteiger partial charge in [0.15, 0.2) is 5.78 Å². The van der Waals surface area contributed by atoms with Crippen molar-refractivity contribution in [3.8, 4) is 0 Å². The Labute approximate surface area is 132 Å². The molecule has 0 saturated carbocycles. The van der Waals surface area contributed by atoms with Crippen LogP contribution < -0.4 is 0 Å². The zero-order chi connectivity index (χ0) is 16.5. The summed E-state index contributed by atoms with van der Waals surface area (Å²) >= 11 is 0. The zero-order valence-electron chi connectivity index (χ0n) is 14.1. The molecule has 0 saturated heterocycles. The first-order chi connectivity index (χ1) is 10.3. The van der Waals surface area contributed by atoms with Crippen molar-refractivity contribution in [2.45, 2.75) is 59.0 Å². The number of nitrogens with zero attached hydrogens (tertiary/aromatic N) is 1. The summed E-state index contributed by atoms with van der Waals surface area (Å²) in [6.07, 6.45) is 6.59. The first kappa shape index (κ1) is 16.9. The molecule has 4 heteroatoms. The average Bonchev–Trinajstić information content (AvgIpc) is 2.72. The number of hydrogen-bond acceptors (Lipinski definition) is 3. The third-order valence-electron chi connectivity index (χ3n) is 5.06. The topological polar surface area (TPSA) is 57.6 Å². The molecule has 0 spiro atoms. The molecule has 0 fully saturated rings. The van der Waals surface area contributed by atoms with Gasteiger partial charge in [0.25, 0.3) is 0 Å². The van der Waals surface area contributed by atoms with Crippen molar-refractivity contribution < 1.29 is 14.7 Å². The lowest BCUT2D eigenvalue weighted by Gasteiger charge is -2.26. The molecule has 3 atom stereocenters. The Morgan fingerprint density at radius 3 is 2.50 bits per heavy atom. The third kappa shape index (κ3) is 3.17. The standard InChI is InChI=1S/C18H27NO3/c1-5-18(4,22)10-6-7-11-19-16-13(3)15(20)9-8-14(16)12(2)17(19)21/h8-9,12-13,22H,5-7,10-11H2,1-4H3. The maximum Gasteiger partial charge on any atom is 0.234 e. The van der Waals surface area contributed by atoms with Gasteiger partial charge in [0.2, 0.25) is 5.91 Å². The summed E-state index contributed by atoms with van der Waals surface area (Å²) in [6.45, 7) is 8.24. The highest BCUT2D eigenvalue weighted by molar-refractivity contribution is 5.99. The van der Waals surface area contributed by atoms with Crippen LogP contribution in [0.5, 0.6) is 0 Å². The Balaban J connectivity index is 2.01. The number of aliphatic hydroxyl groups is 1. The van der Waals surface area contributed by atoms with Crippen LogP contribution in [0.3, 0.4) is 0 Å². The Bertz CT molecular complexity index is 530. The quantitative estimate of drug-likeness (QED) is 0.768. The molecule has 0 aromatic carbocycles. The van der Waals surface area contributed by atoms with Crippen LogP contribution in [0.15, 0.2) is 23.4 Å². The fourth-order valence-electron chi connectivity index (χ4n) is 3.21. The van der Waals surface area contributed by atoms with Crippen LogP contribution in [0.1, 0.15) is 53.4 Å². The molecule has 4 nitrogen and oxygen atoms in total. The van der Waals surface area contributed by atoms with Gasteiger partial charge in [0.05, 0.1) is 17.4 Å². The first-order valence-corrected chi connectivity index (χ1v) is 8.28. The van der Waals surface area contributed by atoms with Gasteiger partial charge in [-0.1, -0.05) is 13.0 Å². The van der Waals surface area contributed by atoms with Crippen molar-refractivity contribution >= 4 is 11.7 Å². The molecule has 1 aliphatic carbocycles. The van der Waals surface area contributed by atoms with Gasteiger partial charge >= 0.3 is 0 Å². The number of allylic oxidation sites excluding steroid dienone is 3. The van der Waals surface area contributed by atoms with Crippen LogP contribution >= 0.6 is 0 Å². The SMILES string of the molecule is CCC(C)(O)CCCCN1C(=O)C(C)C2=C1C(C)C(=O)C=C2. The van der Waals surface area contributed by atoms with Crippen molar-refractivity contribution in [1.29, 1.82) is 0 Å². The van der Waals surface area contributed by atoms with Crippen LogP contribution in [-0.4, -0.2) is 33.8 Å². The van der Waals surface area contributed by atoms with Crippen LogP contribution in [-0.2, 0) is 9.59 Å². The first-order valence-electron chi connectivity index (χ1n) is 8.28. The van der Waals surface area contributed by atoms with E-state index < -0.39 is 5.60 Å². The molecule has 2 rings (SSSR count). The van der Waals surface area contributed by atoms with E-state index in [4.69, 9.17) is 0 Å². The molecule has 1 N–H and O–H groups in total.